The number of benzene rings is 1. The third-order valence-corrected chi connectivity index (χ3v) is 6.22. The average Bonchev–Trinajstić information content (AvgIpc) is 3.05. The SMILES string of the molecule is CC(C)Oc1cccc(CN2CC[C@]3(C=CC(=O)N3c3cccc(C(F)(F)F)n3)C[C@@H]2C)c1. The lowest BCUT2D eigenvalue weighted by atomic mass is 9.83. The van der Waals surface area contributed by atoms with Gasteiger partial charge in [0.15, 0.2) is 0 Å². The van der Waals surface area contributed by atoms with Gasteiger partial charge in [-0.25, -0.2) is 4.98 Å². The molecule has 176 valence electrons. The van der Waals surface area contributed by atoms with E-state index >= 15 is 0 Å². The summed E-state index contributed by atoms with van der Waals surface area (Å²) in [4.78, 5) is 20.3. The molecule has 1 aromatic heterocycles. The van der Waals surface area contributed by atoms with Crippen molar-refractivity contribution in [2.75, 3.05) is 11.4 Å². The summed E-state index contributed by atoms with van der Waals surface area (Å²) in [6, 6.07) is 11.8. The number of halogens is 3. The molecule has 2 aliphatic rings. The van der Waals surface area contributed by atoms with E-state index in [1.54, 1.807) is 0 Å². The Morgan fingerprint density at radius 1 is 1.21 bits per heavy atom. The molecular formula is C25H28F3N3O2. The number of nitrogens with zero attached hydrogens (tertiary/aromatic N) is 3. The lowest BCUT2D eigenvalue weighted by molar-refractivity contribution is -0.141. The standard InChI is InChI=1S/C25H28F3N3O2/c1-17(2)33-20-7-4-6-19(14-20)16-30-13-12-24(15-18(30)3)11-10-23(32)31(24)22-9-5-8-21(29-22)25(26,27)28/h4-11,14,17-18H,12-13,15-16H2,1-3H3/t18-,24+/m0/s1. The molecule has 33 heavy (non-hydrogen) atoms. The molecule has 2 aromatic rings. The molecule has 1 saturated heterocycles. The number of piperidine rings is 1. The number of pyridine rings is 1. The van der Waals surface area contributed by atoms with Crippen LogP contribution in [0.1, 0.15) is 44.9 Å². The summed E-state index contributed by atoms with van der Waals surface area (Å²) >= 11 is 0. The van der Waals surface area contributed by atoms with Gasteiger partial charge >= 0.3 is 6.18 Å². The number of carbonyl (C=O) groups is 1. The topological polar surface area (TPSA) is 45.7 Å². The fourth-order valence-corrected chi connectivity index (χ4v) is 4.76. The van der Waals surface area contributed by atoms with Gasteiger partial charge in [0.1, 0.15) is 17.3 Å². The van der Waals surface area contributed by atoms with Crippen LogP contribution in [-0.2, 0) is 17.5 Å². The van der Waals surface area contributed by atoms with E-state index in [9.17, 15) is 18.0 Å². The lowest BCUT2D eigenvalue weighted by Gasteiger charge is -2.47. The highest BCUT2D eigenvalue weighted by atomic mass is 19.4. The largest absolute Gasteiger partial charge is 0.491 e. The van der Waals surface area contributed by atoms with Crippen LogP contribution in [0, 0.1) is 0 Å². The Balaban J connectivity index is 1.52. The van der Waals surface area contributed by atoms with Crippen LogP contribution in [0.15, 0.2) is 54.6 Å². The highest BCUT2D eigenvalue weighted by Gasteiger charge is 2.47. The predicted octanol–water partition coefficient (Wildman–Crippen LogP) is 5.21. The van der Waals surface area contributed by atoms with Crippen LogP contribution >= 0.6 is 0 Å². The quantitative estimate of drug-likeness (QED) is 0.616. The fourth-order valence-electron chi connectivity index (χ4n) is 4.76. The number of alkyl halides is 3. The van der Waals surface area contributed by atoms with Crippen molar-refractivity contribution in [3.63, 3.8) is 0 Å². The van der Waals surface area contributed by atoms with Gasteiger partial charge in [0.25, 0.3) is 5.91 Å². The summed E-state index contributed by atoms with van der Waals surface area (Å²) in [5, 5.41) is 0. The highest BCUT2D eigenvalue weighted by Crippen LogP contribution is 2.41. The molecule has 3 heterocycles. The maximum absolute atomic E-state index is 13.2. The molecule has 0 bridgehead atoms. The van der Waals surface area contributed by atoms with E-state index < -0.39 is 17.4 Å². The van der Waals surface area contributed by atoms with Gasteiger partial charge in [-0.2, -0.15) is 13.2 Å². The summed E-state index contributed by atoms with van der Waals surface area (Å²) in [5.74, 6) is 0.537. The molecule has 8 heteroatoms. The summed E-state index contributed by atoms with van der Waals surface area (Å²) in [7, 11) is 0. The smallest absolute Gasteiger partial charge is 0.433 e. The zero-order valence-electron chi connectivity index (χ0n) is 19.0. The highest BCUT2D eigenvalue weighted by molar-refractivity contribution is 6.05. The molecule has 4 rings (SSSR count). The first-order chi connectivity index (χ1) is 15.6. The van der Waals surface area contributed by atoms with Gasteiger partial charge in [0.2, 0.25) is 0 Å². The second-order valence-corrected chi connectivity index (χ2v) is 9.08. The van der Waals surface area contributed by atoms with Gasteiger partial charge in [-0.05, 0) is 63.4 Å². The van der Waals surface area contributed by atoms with E-state index in [0.717, 1.165) is 23.9 Å². The van der Waals surface area contributed by atoms with Crippen LogP contribution in [0.2, 0.25) is 0 Å². The molecule has 0 aliphatic carbocycles. The third kappa shape index (κ3) is 4.90. The second kappa shape index (κ2) is 8.82. The Kier molecular flexibility index (Phi) is 6.22. The van der Waals surface area contributed by atoms with E-state index in [4.69, 9.17) is 4.74 Å². The van der Waals surface area contributed by atoms with E-state index in [0.29, 0.717) is 19.4 Å². The Labute approximate surface area is 191 Å². The second-order valence-electron chi connectivity index (χ2n) is 9.08. The van der Waals surface area contributed by atoms with Crippen molar-refractivity contribution in [3.05, 3.63) is 65.9 Å². The number of anilines is 1. The minimum Gasteiger partial charge on any atom is -0.491 e. The minimum absolute atomic E-state index is 0.0408. The summed E-state index contributed by atoms with van der Waals surface area (Å²) in [6.45, 7) is 7.49. The summed E-state index contributed by atoms with van der Waals surface area (Å²) in [5.41, 5.74) is -0.540. The van der Waals surface area contributed by atoms with Crippen LogP contribution in [-0.4, -0.2) is 40.0 Å². The first-order valence-electron chi connectivity index (χ1n) is 11.1. The molecular weight excluding hydrogens is 431 g/mol. The normalized spacial score (nSPS) is 23.7. The number of ether oxygens (including phenoxy) is 1. The van der Waals surface area contributed by atoms with Crippen molar-refractivity contribution in [1.82, 2.24) is 9.88 Å². The van der Waals surface area contributed by atoms with E-state index in [1.165, 1.54) is 23.1 Å². The van der Waals surface area contributed by atoms with Crippen LogP contribution in [0.5, 0.6) is 5.75 Å². The molecule has 2 aliphatic heterocycles. The van der Waals surface area contributed by atoms with Crippen molar-refractivity contribution < 1.29 is 22.7 Å². The van der Waals surface area contributed by atoms with Gasteiger partial charge in [0, 0.05) is 25.2 Å². The summed E-state index contributed by atoms with van der Waals surface area (Å²) in [6.07, 6.45) is 0.0363. The molecule has 1 spiro atoms. The fraction of sp³-hybridized carbons (Fsp3) is 0.440. The first-order valence-corrected chi connectivity index (χ1v) is 11.1. The number of hydrogen-bond acceptors (Lipinski definition) is 4. The number of rotatable bonds is 5. The molecule has 1 fully saturated rings. The van der Waals surface area contributed by atoms with Gasteiger partial charge in [-0.15, -0.1) is 0 Å². The van der Waals surface area contributed by atoms with Crippen molar-refractivity contribution in [2.45, 2.75) is 64.0 Å². The van der Waals surface area contributed by atoms with Gasteiger partial charge in [0.05, 0.1) is 11.6 Å². The Hall–Kier alpha value is -2.87. The van der Waals surface area contributed by atoms with Crippen LogP contribution in [0.25, 0.3) is 0 Å². The molecule has 0 unspecified atom stereocenters. The maximum Gasteiger partial charge on any atom is 0.433 e. The lowest BCUT2D eigenvalue weighted by Crippen LogP contribution is -2.56. The summed E-state index contributed by atoms with van der Waals surface area (Å²) < 4.78 is 45.4. The number of amides is 1. The average molecular weight is 460 g/mol. The Bertz CT molecular complexity index is 1050. The Morgan fingerprint density at radius 2 is 1.97 bits per heavy atom. The van der Waals surface area contributed by atoms with E-state index in [1.807, 2.05) is 38.1 Å². The number of aromatic nitrogens is 1. The molecule has 0 N–H and O–H groups in total. The minimum atomic E-state index is -4.57. The predicted molar refractivity (Wildman–Crippen MR) is 120 cm³/mol. The molecule has 1 amide bonds. The zero-order valence-corrected chi connectivity index (χ0v) is 19.0. The molecule has 0 radical (unpaired) electrons. The molecule has 0 saturated carbocycles. The van der Waals surface area contributed by atoms with Crippen molar-refractivity contribution >= 4 is 11.7 Å². The van der Waals surface area contributed by atoms with Crippen molar-refractivity contribution in [1.29, 1.82) is 0 Å². The monoisotopic (exact) mass is 459 g/mol. The van der Waals surface area contributed by atoms with Crippen molar-refractivity contribution in [3.8, 4) is 5.75 Å². The van der Waals surface area contributed by atoms with Crippen LogP contribution in [0.4, 0.5) is 19.0 Å². The number of likely N-dealkylation sites (tertiary alicyclic amines) is 1. The molecule has 1 aromatic carbocycles. The van der Waals surface area contributed by atoms with Gasteiger partial charge in [-0.1, -0.05) is 24.3 Å². The number of hydrogen-bond donors (Lipinski definition) is 0. The third-order valence-electron chi connectivity index (χ3n) is 6.22. The van der Waals surface area contributed by atoms with E-state index in [-0.39, 0.29) is 23.9 Å². The molecule has 2 atom stereocenters. The van der Waals surface area contributed by atoms with Crippen LogP contribution < -0.4 is 9.64 Å². The van der Waals surface area contributed by atoms with Crippen LogP contribution in [0.3, 0.4) is 0 Å². The zero-order chi connectivity index (χ0) is 23.8. The van der Waals surface area contributed by atoms with Gasteiger partial charge < -0.3 is 4.74 Å². The first kappa shape index (κ1) is 23.3. The van der Waals surface area contributed by atoms with Gasteiger partial charge in [-0.3, -0.25) is 14.6 Å². The number of carbonyl (C=O) groups excluding carboxylic acids is 1. The Morgan fingerprint density at radius 3 is 2.67 bits per heavy atom. The van der Waals surface area contributed by atoms with E-state index in [2.05, 4.69) is 22.9 Å². The van der Waals surface area contributed by atoms with Crippen molar-refractivity contribution in [2.24, 2.45) is 0 Å². The molecule has 5 nitrogen and oxygen atoms in total. The maximum atomic E-state index is 13.2.